The monoisotopic (exact) mass is 376 g/mol. The van der Waals surface area contributed by atoms with Crippen molar-refractivity contribution < 1.29 is 9.90 Å². The van der Waals surface area contributed by atoms with Crippen LogP contribution in [-0.4, -0.2) is 25.2 Å². The van der Waals surface area contributed by atoms with E-state index in [1.165, 1.54) is 0 Å². The lowest BCUT2D eigenvalue weighted by Gasteiger charge is -2.16. The van der Waals surface area contributed by atoms with E-state index in [4.69, 9.17) is 10.8 Å². The molecule has 0 unspecified atom stereocenters. The second kappa shape index (κ2) is 6.34. The van der Waals surface area contributed by atoms with Crippen LogP contribution in [0, 0.1) is 0 Å². The van der Waals surface area contributed by atoms with E-state index in [0.29, 0.717) is 10.3 Å². The minimum Gasteiger partial charge on any atom is -0.480 e. The number of aromatic nitrogens is 3. The van der Waals surface area contributed by atoms with Crippen molar-refractivity contribution in [1.29, 1.82) is 0 Å². The molecule has 2 aromatic rings. The molecular formula is C20H16N4O4. The van der Waals surface area contributed by atoms with Gasteiger partial charge in [-0.2, -0.15) is 4.98 Å². The standard InChI is InChI=1S/C20H16N4O4/c1-23-16-9-12(11-4-6-14(21)7-5-11)2-3-13(16)8-15-18(23)22-20(28)24(19(15)27)10-17(25)26/h2-9H,10,21H2,1H3,(H,25,26). The Labute approximate surface area is 158 Å². The molecule has 2 aliphatic rings. The molecule has 28 heavy (non-hydrogen) atoms. The number of anilines is 1. The van der Waals surface area contributed by atoms with Crippen molar-refractivity contribution in [3.63, 3.8) is 0 Å². The molecule has 0 bridgehead atoms. The summed E-state index contributed by atoms with van der Waals surface area (Å²) < 4.78 is 2.29. The lowest BCUT2D eigenvalue weighted by molar-refractivity contribution is -0.137. The molecule has 0 radical (unpaired) electrons. The van der Waals surface area contributed by atoms with Crippen molar-refractivity contribution in [1.82, 2.24) is 14.1 Å². The van der Waals surface area contributed by atoms with E-state index >= 15 is 0 Å². The first-order chi connectivity index (χ1) is 13.3. The van der Waals surface area contributed by atoms with Crippen LogP contribution >= 0.6 is 0 Å². The maximum atomic E-state index is 12.6. The van der Waals surface area contributed by atoms with Crippen molar-refractivity contribution in [3.8, 4) is 22.5 Å². The molecule has 2 aliphatic heterocycles. The second-order valence-electron chi connectivity index (χ2n) is 6.52. The summed E-state index contributed by atoms with van der Waals surface area (Å²) in [6.45, 7) is -0.724. The van der Waals surface area contributed by atoms with Gasteiger partial charge in [-0.1, -0.05) is 24.3 Å². The molecular weight excluding hydrogens is 360 g/mol. The lowest BCUT2D eigenvalue weighted by Crippen LogP contribution is -2.39. The fourth-order valence-electron chi connectivity index (χ4n) is 3.28. The van der Waals surface area contributed by atoms with Crippen molar-refractivity contribution in [2.24, 2.45) is 7.05 Å². The van der Waals surface area contributed by atoms with Crippen molar-refractivity contribution in [2.45, 2.75) is 6.54 Å². The normalized spacial score (nSPS) is 11.2. The Bertz CT molecular complexity index is 1320. The van der Waals surface area contributed by atoms with Gasteiger partial charge < -0.3 is 15.4 Å². The first kappa shape index (κ1) is 17.5. The number of aliphatic carboxylic acids is 1. The molecule has 8 nitrogen and oxygen atoms in total. The summed E-state index contributed by atoms with van der Waals surface area (Å²) >= 11 is 0. The minimum absolute atomic E-state index is 0.191. The molecule has 2 aromatic carbocycles. The molecule has 0 saturated carbocycles. The van der Waals surface area contributed by atoms with Crippen LogP contribution in [0.2, 0.25) is 0 Å². The zero-order chi connectivity index (χ0) is 20.0. The smallest absolute Gasteiger partial charge is 0.353 e. The van der Waals surface area contributed by atoms with Crippen molar-refractivity contribution in [3.05, 3.63) is 69.4 Å². The largest absolute Gasteiger partial charge is 0.480 e. The molecule has 0 amide bonds. The van der Waals surface area contributed by atoms with E-state index in [1.54, 1.807) is 17.7 Å². The summed E-state index contributed by atoms with van der Waals surface area (Å²) in [6.07, 6.45) is 0. The predicted molar refractivity (Wildman–Crippen MR) is 105 cm³/mol. The Morgan fingerprint density at radius 1 is 1.07 bits per heavy atom. The number of benzene rings is 2. The van der Waals surface area contributed by atoms with E-state index in [2.05, 4.69) is 4.98 Å². The van der Waals surface area contributed by atoms with Gasteiger partial charge in [0, 0.05) is 18.3 Å². The number of carboxylic acid groups (broad SMARTS) is 1. The van der Waals surface area contributed by atoms with Gasteiger partial charge in [-0.3, -0.25) is 9.59 Å². The molecule has 3 N–H and O–H groups in total. The van der Waals surface area contributed by atoms with Crippen LogP contribution in [-0.2, 0) is 18.4 Å². The van der Waals surface area contributed by atoms with E-state index < -0.39 is 23.8 Å². The maximum Gasteiger partial charge on any atom is 0.353 e. The molecule has 8 heteroatoms. The topological polar surface area (TPSA) is 120 Å². The fraction of sp³-hybridized carbons (Fsp3) is 0.100. The number of aryl methyl sites for hydroxylation is 1. The van der Waals surface area contributed by atoms with Gasteiger partial charge in [0.2, 0.25) is 0 Å². The van der Waals surface area contributed by atoms with Crippen LogP contribution in [0.3, 0.4) is 0 Å². The highest BCUT2D eigenvalue weighted by Gasteiger charge is 2.19. The van der Waals surface area contributed by atoms with E-state index in [-0.39, 0.29) is 11.4 Å². The first-order valence-corrected chi connectivity index (χ1v) is 8.47. The third-order valence-electron chi connectivity index (χ3n) is 4.70. The minimum atomic E-state index is -1.28. The number of carboxylic acids is 1. The average molecular weight is 376 g/mol. The number of rotatable bonds is 3. The van der Waals surface area contributed by atoms with E-state index in [1.807, 2.05) is 42.5 Å². The predicted octanol–water partition coefficient (Wildman–Crippen LogP) is 1.53. The number of nitrogens with zero attached hydrogens (tertiary/aromatic N) is 3. The van der Waals surface area contributed by atoms with Gasteiger partial charge in [0.1, 0.15) is 6.54 Å². The molecule has 4 rings (SSSR count). The van der Waals surface area contributed by atoms with Crippen molar-refractivity contribution in [2.75, 3.05) is 5.73 Å². The first-order valence-electron chi connectivity index (χ1n) is 8.47. The van der Waals surface area contributed by atoms with Gasteiger partial charge in [0.15, 0.2) is 5.82 Å². The molecule has 0 atom stereocenters. The summed E-state index contributed by atoms with van der Waals surface area (Å²) in [7, 11) is 1.71. The number of hydrogen-bond donors (Lipinski definition) is 2. The Morgan fingerprint density at radius 3 is 2.43 bits per heavy atom. The number of hydrogen-bond acceptors (Lipinski definition) is 5. The molecule has 0 aliphatic carbocycles. The summed E-state index contributed by atoms with van der Waals surface area (Å²) in [5.74, 6) is -1.07. The highest BCUT2D eigenvalue weighted by atomic mass is 16.4. The molecule has 2 heterocycles. The Balaban J connectivity index is 1.98. The Morgan fingerprint density at radius 2 is 1.75 bits per heavy atom. The zero-order valence-corrected chi connectivity index (χ0v) is 14.9. The highest BCUT2D eigenvalue weighted by molar-refractivity contribution is 5.89. The average Bonchev–Trinajstić information content (AvgIpc) is 2.67. The number of pyridine rings is 1. The third kappa shape index (κ3) is 2.81. The van der Waals surface area contributed by atoms with E-state index in [0.717, 1.165) is 22.0 Å². The quantitative estimate of drug-likeness (QED) is 0.413. The maximum absolute atomic E-state index is 12.6. The summed E-state index contributed by atoms with van der Waals surface area (Å²) in [5.41, 5.74) is 7.76. The second-order valence-corrected chi connectivity index (χ2v) is 6.52. The molecule has 0 aromatic heterocycles. The van der Waals surface area contributed by atoms with Crippen LogP contribution in [0.25, 0.3) is 33.4 Å². The van der Waals surface area contributed by atoms with Gasteiger partial charge in [-0.25, -0.2) is 9.36 Å². The fourth-order valence-corrected chi connectivity index (χ4v) is 3.28. The number of fused-ring (bicyclic) bond motifs is 2. The SMILES string of the molecule is Cn1c2nc(=O)n(CC(=O)O)c(=O)c-2cc2ccc(-c3ccc(N)cc3)cc21. The number of nitrogens with two attached hydrogens (primary N) is 1. The van der Waals surface area contributed by atoms with Gasteiger partial charge >= 0.3 is 11.7 Å². The van der Waals surface area contributed by atoms with Crippen LogP contribution in [0.4, 0.5) is 5.69 Å². The third-order valence-corrected chi connectivity index (χ3v) is 4.70. The van der Waals surface area contributed by atoms with Gasteiger partial charge in [0.25, 0.3) is 5.56 Å². The molecule has 0 fully saturated rings. The number of carbonyl (C=O) groups is 1. The summed E-state index contributed by atoms with van der Waals surface area (Å²) in [4.78, 5) is 39.7. The van der Waals surface area contributed by atoms with Crippen LogP contribution in [0.5, 0.6) is 0 Å². The van der Waals surface area contributed by atoms with Crippen LogP contribution in [0.15, 0.2) is 58.1 Å². The Kier molecular flexibility index (Phi) is 3.96. The summed E-state index contributed by atoms with van der Waals surface area (Å²) in [5, 5.41) is 9.70. The molecule has 140 valence electrons. The molecule has 0 saturated heterocycles. The zero-order valence-electron chi connectivity index (χ0n) is 14.9. The number of nitrogen functional groups attached to an aromatic ring is 1. The van der Waals surface area contributed by atoms with E-state index in [9.17, 15) is 14.4 Å². The Hall–Kier alpha value is -3.94. The summed E-state index contributed by atoms with van der Waals surface area (Å²) in [6, 6.07) is 14.8. The van der Waals surface area contributed by atoms with Crippen LogP contribution < -0.4 is 17.0 Å². The van der Waals surface area contributed by atoms with Gasteiger partial charge in [0.05, 0.1) is 5.56 Å². The highest BCUT2D eigenvalue weighted by Crippen LogP contribution is 2.28. The van der Waals surface area contributed by atoms with Gasteiger partial charge in [-0.15, -0.1) is 0 Å². The van der Waals surface area contributed by atoms with Crippen molar-refractivity contribution >= 4 is 22.6 Å². The molecule has 0 spiro atoms. The van der Waals surface area contributed by atoms with Gasteiger partial charge in [-0.05, 0) is 40.8 Å². The lowest BCUT2D eigenvalue weighted by atomic mass is 10.0. The van der Waals surface area contributed by atoms with Crippen LogP contribution in [0.1, 0.15) is 0 Å².